The lowest BCUT2D eigenvalue weighted by atomic mass is 10.1. The number of ether oxygens (including phenoxy) is 1. The highest BCUT2D eigenvalue weighted by Gasteiger charge is 2.14. The number of rotatable bonds is 7. The molecule has 1 aromatic heterocycles. The second kappa shape index (κ2) is 5.88. The molecule has 0 saturated carbocycles. The Bertz CT molecular complexity index is 257. The van der Waals surface area contributed by atoms with Gasteiger partial charge in [-0.05, 0) is 26.8 Å². The van der Waals surface area contributed by atoms with E-state index < -0.39 is 0 Å². The molecule has 86 valence electrons. The Kier molecular flexibility index (Phi) is 4.78. The Morgan fingerprint density at radius 1 is 1.40 bits per heavy atom. The number of methoxy groups -OCH3 is 1. The maximum atomic E-state index is 5.33. The van der Waals surface area contributed by atoms with Crippen LogP contribution in [0.15, 0.2) is 18.7 Å². The first kappa shape index (κ1) is 12.2. The minimum Gasteiger partial charge on any atom is -0.379 e. The molecule has 0 atom stereocenters. The van der Waals surface area contributed by atoms with Gasteiger partial charge in [-0.3, -0.25) is 0 Å². The fourth-order valence-corrected chi connectivity index (χ4v) is 1.24. The lowest BCUT2D eigenvalue weighted by Gasteiger charge is -2.22. The van der Waals surface area contributed by atoms with E-state index in [-0.39, 0.29) is 5.60 Å². The molecule has 1 heterocycles. The molecule has 1 rings (SSSR count). The van der Waals surface area contributed by atoms with Gasteiger partial charge in [-0.25, -0.2) is 4.98 Å². The van der Waals surface area contributed by atoms with Crippen molar-refractivity contribution in [2.24, 2.45) is 0 Å². The lowest BCUT2D eigenvalue weighted by Crippen LogP contribution is -2.30. The van der Waals surface area contributed by atoms with E-state index in [0.717, 1.165) is 26.1 Å². The van der Waals surface area contributed by atoms with Gasteiger partial charge in [0.15, 0.2) is 0 Å². The van der Waals surface area contributed by atoms with E-state index >= 15 is 0 Å². The van der Waals surface area contributed by atoms with Gasteiger partial charge in [-0.15, -0.1) is 0 Å². The molecule has 4 nitrogen and oxygen atoms in total. The predicted molar refractivity (Wildman–Crippen MR) is 60.8 cm³/mol. The maximum Gasteiger partial charge on any atom is 0.0946 e. The molecule has 0 aliphatic carbocycles. The highest BCUT2D eigenvalue weighted by atomic mass is 16.5. The van der Waals surface area contributed by atoms with E-state index in [1.165, 1.54) is 0 Å². The van der Waals surface area contributed by atoms with Crippen LogP contribution >= 0.6 is 0 Å². The summed E-state index contributed by atoms with van der Waals surface area (Å²) in [5.74, 6) is 0. The van der Waals surface area contributed by atoms with Crippen molar-refractivity contribution in [2.75, 3.05) is 20.2 Å². The molecule has 0 aliphatic heterocycles. The number of aromatic nitrogens is 2. The van der Waals surface area contributed by atoms with Crippen molar-refractivity contribution >= 4 is 0 Å². The number of hydrogen-bond donors (Lipinski definition) is 1. The van der Waals surface area contributed by atoms with E-state index in [4.69, 9.17) is 4.74 Å². The van der Waals surface area contributed by atoms with Crippen LogP contribution in [0.25, 0.3) is 0 Å². The molecule has 0 unspecified atom stereocenters. The van der Waals surface area contributed by atoms with Crippen molar-refractivity contribution < 1.29 is 4.74 Å². The zero-order chi connectivity index (χ0) is 11.1. The maximum absolute atomic E-state index is 5.33. The first-order chi connectivity index (χ1) is 7.14. The van der Waals surface area contributed by atoms with Crippen molar-refractivity contribution in [3.8, 4) is 0 Å². The van der Waals surface area contributed by atoms with Gasteiger partial charge in [-0.2, -0.15) is 0 Å². The van der Waals surface area contributed by atoms with Crippen LogP contribution in [-0.2, 0) is 11.3 Å². The summed E-state index contributed by atoms with van der Waals surface area (Å²) in [6.07, 6.45) is 6.63. The zero-order valence-corrected chi connectivity index (χ0v) is 9.86. The second-order valence-electron chi connectivity index (χ2n) is 4.26. The smallest absolute Gasteiger partial charge is 0.0946 e. The van der Waals surface area contributed by atoms with Gasteiger partial charge in [0.05, 0.1) is 11.9 Å². The third-order valence-corrected chi connectivity index (χ3v) is 2.56. The Balaban J connectivity index is 2.03. The Morgan fingerprint density at radius 2 is 2.20 bits per heavy atom. The second-order valence-corrected chi connectivity index (χ2v) is 4.26. The van der Waals surface area contributed by atoms with Crippen LogP contribution in [0.1, 0.15) is 20.3 Å². The molecular formula is C11H21N3O. The fraction of sp³-hybridized carbons (Fsp3) is 0.727. The highest BCUT2D eigenvalue weighted by Crippen LogP contribution is 2.10. The van der Waals surface area contributed by atoms with E-state index in [0.29, 0.717) is 0 Å². The molecule has 4 heteroatoms. The quantitative estimate of drug-likeness (QED) is 0.691. The Hall–Kier alpha value is -0.870. The average Bonchev–Trinajstić information content (AvgIpc) is 2.70. The number of nitrogens with zero attached hydrogens (tertiary/aromatic N) is 2. The van der Waals surface area contributed by atoms with Crippen LogP contribution in [0.2, 0.25) is 0 Å². The lowest BCUT2D eigenvalue weighted by molar-refractivity contribution is 0.0159. The van der Waals surface area contributed by atoms with Crippen LogP contribution in [0.5, 0.6) is 0 Å². The largest absolute Gasteiger partial charge is 0.379 e. The number of hydrogen-bond acceptors (Lipinski definition) is 3. The molecular weight excluding hydrogens is 190 g/mol. The molecule has 0 bridgehead atoms. The van der Waals surface area contributed by atoms with E-state index in [1.807, 2.05) is 12.5 Å². The normalized spacial score (nSPS) is 11.9. The summed E-state index contributed by atoms with van der Waals surface area (Å²) >= 11 is 0. The van der Waals surface area contributed by atoms with Gasteiger partial charge in [-0.1, -0.05) is 0 Å². The summed E-state index contributed by atoms with van der Waals surface area (Å²) in [5.41, 5.74) is -0.0258. The topological polar surface area (TPSA) is 39.1 Å². The van der Waals surface area contributed by atoms with Crippen molar-refractivity contribution in [3.05, 3.63) is 18.7 Å². The predicted octanol–water partition coefficient (Wildman–Crippen LogP) is 1.29. The molecule has 0 saturated heterocycles. The summed E-state index contributed by atoms with van der Waals surface area (Å²) < 4.78 is 7.40. The average molecular weight is 211 g/mol. The monoisotopic (exact) mass is 211 g/mol. The van der Waals surface area contributed by atoms with Crippen molar-refractivity contribution in [2.45, 2.75) is 32.4 Å². The van der Waals surface area contributed by atoms with Gasteiger partial charge >= 0.3 is 0 Å². The Labute approximate surface area is 91.7 Å². The van der Waals surface area contributed by atoms with Gasteiger partial charge in [0.25, 0.3) is 0 Å². The Morgan fingerprint density at radius 3 is 2.80 bits per heavy atom. The van der Waals surface area contributed by atoms with Crippen LogP contribution in [0.3, 0.4) is 0 Å². The summed E-state index contributed by atoms with van der Waals surface area (Å²) in [4.78, 5) is 3.99. The van der Waals surface area contributed by atoms with Crippen molar-refractivity contribution in [1.82, 2.24) is 14.9 Å². The van der Waals surface area contributed by atoms with Crippen molar-refractivity contribution in [3.63, 3.8) is 0 Å². The summed E-state index contributed by atoms with van der Waals surface area (Å²) in [6, 6.07) is 0. The van der Waals surface area contributed by atoms with Gasteiger partial charge in [0.1, 0.15) is 0 Å². The minimum atomic E-state index is -0.0258. The zero-order valence-electron chi connectivity index (χ0n) is 9.86. The van der Waals surface area contributed by atoms with E-state index in [1.54, 1.807) is 13.3 Å². The molecule has 1 N–H and O–H groups in total. The third-order valence-electron chi connectivity index (χ3n) is 2.56. The summed E-state index contributed by atoms with van der Waals surface area (Å²) in [7, 11) is 1.76. The first-order valence-electron chi connectivity index (χ1n) is 5.36. The third kappa shape index (κ3) is 4.95. The van der Waals surface area contributed by atoms with E-state index in [2.05, 4.69) is 28.7 Å². The van der Waals surface area contributed by atoms with Crippen molar-refractivity contribution in [1.29, 1.82) is 0 Å². The number of imidazole rings is 1. The molecule has 1 aromatic rings. The molecule has 0 radical (unpaired) electrons. The van der Waals surface area contributed by atoms with Crippen LogP contribution in [0, 0.1) is 0 Å². The van der Waals surface area contributed by atoms with Gasteiger partial charge in [0, 0.05) is 32.6 Å². The molecule has 0 fully saturated rings. The highest BCUT2D eigenvalue weighted by molar-refractivity contribution is 4.74. The first-order valence-corrected chi connectivity index (χ1v) is 5.36. The fourth-order valence-electron chi connectivity index (χ4n) is 1.24. The van der Waals surface area contributed by atoms with Gasteiger partial charge in [0.2, 0.25) is 0 Å². The molecule has 0 spiro atoms. The van der Waals surface area contributed by atoms with E-state index in [9.17, 15) is 0 Å². The van der Waals surface area contributed by atoms with Crippen LogP contribution < -0.4 is 5.32 Å². The SMILES string of the molecule is COC(C)(C)CCNCCn1ccnc1. The summed E-state index contributed by atoms with van der Waals surface area (Å²) in [6.45, 7) is 7.12. The molecule has 0 aliphatic rings. The molecule has 0 aromatic carbocycles. The number of nitrogens with one attached hydrogen (secondary N) is 1. The van der Waals surface area contributed by atoms with Crippen LogP contribution in [0.4, 0.5) is 0 Å². The standard InChI is InChI=1S/C11H21N3O/c1-11(2,15-3)4-5-12-6-8-14-9-7-13-10-14/h7,9-10,12H,4-6,8H2,1-3H3. The minimum absolute atomic E-state index is 0.0258. The molecule has 0 amide bonds. The van der Waals surface area contributed by atoms with Gasteiger partial charge < -0.3 is 14.6 Å². The molecule has 15 heavy (non-hydrogen) atoms. The summed E-state index contributed by atoms with van der Waals surface area (Å²) in [5, 5.41) is 3.39. The van der Waals surface area contributed by atoms with Crippen LogP contribution in [-0.4, -0.2) is 35.4 Å².